The lowest BCUT2D eigenvalue weighted by Gasteiger charge is -2.15. The zero-order valence-electron chi connectivity index (χ0n) is 10.2. The lowest BCUT2D eigenvalue weighted by Crippen LogP contribution is -2.21. The molecule has 0 unspecified atom stereocenters. The molecule has 3 heteroatoms. The second-order valence-corrected chi connectivity index (χ2v) is 4.05. The first kappa shape index (κ1) is 12.7. The van der Waals surface area contributed by atoms with Crippen molar-refractivity contribution in [2.75, 3.05) is 20.7 Å². The predicted molar refractivity (Wildman–Crippen MR) is 64.1 cm³/mol. The number of carbonyl (C=O) groups is 1. The number of esters is 1. The quantitative estimate of drug-likeness (QED) is 0.712. The van der Waals surface area contributed by atoms with Crippen LogP contribution >= 0.6 is 0 Å². The second kappa shape index (κ2) is 6.28. The first-order valence-electron chi connectivity index (χ1n) is 5.42. The molecule has 1 aromatic rings. The molecule has 0 aromatic heterocycles. The van der Waals surface area contributed by atoms with Crippen LogP contribution in [0.25, 0.3) is 0 Å². The molecule has 0 aliphatic carbocycles. The first-order chi connectivity index (χ1) is 7.61. The minimum absolute atomic E-state index is 0.157. The number of hydrogen-bond acceptors (Lipinski definition) is 3. The predicted octanol–water partition coefficient (Wildman–Crippen LogP) is 1.99. The highest BCUT2D eigenvalue weighted by atomic mass is 16.5. The summed E-state index contributed by atoms with van der Waals surface area (Å²) in [5.74, 6) is -0.157. The van der Waals surface area contributed by atoms with E-state index >= 15 is 0 Å². The SMILES string of the molecule is COC(=O)CCN(C)Cc1ccc(C)cc1. The summed E-state index contributed by atoms with van der Waals surface area (Å²) in [6.07, 6.45) is 0.443. The summed E-state index contributed by atoms with van der Waals surface area (Å²) in [6, 6.07) is 8.43. The van der Waals surface area contributed by atoms with E-state index in [9.17, 15) is 4.79 Å². The van der Waals surface area contributed by atoms with Crippen molar-refractivity contribution < 1.29 is 9.53 Å². The number of methoxy groups -OCH3 is 1. The van der Waals surface area contributed by atoms with Gasteiger partial charge in [0.25, 0.3) is 0 Å². The van der Waals surface area contributed by atoms with Gasteiger partial charge in [0, 0.05) is 13.1 Å². The molecule has 0 saturated heterocycles. The van der Waals surface area contributed by atoms with Crippen LogP contribution in [-0.4, -0.2) is 31.6 Å². The fraction of sp³-hybridized carbons (Fsp3) is 0.462. The molecule has 3 nitrogen and oxygen atoms in total. The number of nitrogens with zero attached hydrogens (tertiary/aromatic N) is 1. The van der Waals surface area contributed by atoms with Gasteiger partial charge in [0.15, 0.2) is 0 Å². The van der Waals surface area contributed by atoms with Crippen LogP contribution in [0, 0.1) is 6.92 Å². The molecule has 0 radical (unpaired) electrons. The van der Waals surface area contributed by atoms with Gasteiger partial charge in [-0.3, -0.25) is 4.79 Å². The maximum absolute atomic E-state index is 11.0. The second-order valence-electron chi connectivity index (χ2n) is 4.05. The highest BCUT2D eigenvalue weighted by Gasteiger charge is 2.04. The van der Waals surface area contributed by atoms with Gasteiger partial charge in [-0.05, 0) is 19.5 Å². The van der Waals surface area contributed by atoms with Crippen molar-refractivity contribution in [3.05, 3.63) is 35.4 Å². The monoisotopic (exact) mass is 221 g/mol. The number of carbonyl (C=O) groups excluding carboxylic acids is 1. The molecule has 0 fully saturated rings. The van der Waals surface area contributed by atoms with Crippen LogP contribution in [0.3, 0.4) is 0 Å². The van der Waals surface area contributed by atoms with Gasteiger partial charge in [0.05, 0.1) is 13.5 Å². The minimum Gasteiger partial charge on any atom is -0.469 e. The van der Waals surface area contributed by atoms with E-state index in [2.05, 4.69) is 40.8 Å². The van der Waals surface area contributed by atoms with E-state index in [0.717, 1.165) is 13.1 Å². The smallest absolute Gasteiger partial charge is 0.306 e. The number of hydrogen-bond donors (Lipinski definition) is 0. The Morgan fingerprint density at radius 2 is 1.94 bits per heavy atom. The van der Waals surface area contributed by atoms with Crippen LogP contribution in [0.1, 0.15) is 17.5 Å². The Balaban J connectivity index is 2.36. The van der Waals surface area contributed by atoms with Crippen molar-refractivity contribution in [3.8, 4) is 0 Å². The number of rotatable bonds is 5. The third kappa shape index (κ3) is 4.45. The fourth-order valence-electron chi connectivity index (χ4n) is 1.47. The third-order valence-corrected chi connectivity index (χ3v) is 2.50. The number of benzene rings is 1. The van der Waals surface area contributed by atoms with E-state index in [1.807, 2.05) is 7.05 Å². The van der Waals surface area contributed by atoms with Gasteiger partial charge >= 0.3 is 5.97 Å². The Bertz CT molecular complexity index is 332. The molecular weight excluding hydrogens is 202 g/mol. The highest BCUT2D eigenvalue weighted by molar-refractivity contribution is 5.69. The Labute approximate surface area is 97.0 Å². The largest absolute Gasteiger partial charge is 0.469 e. The summed E-state index contributed by atoms with van der Waals surface area (Å²) in [4.78, 5) is 13.1. The molecule has 0 saturated carbocycles. The molecule has 0 atom stereocenters. The molecule has 1 aromatic carbocycles. The van der Waals surface area contributed by atoms with Crippen molar-refractivity contribution in [2.24, 2.45) is 0 Å². The summed E-state index contributed by atoms with van der Waals surface area (Å²) in [5, 5.41) is 0. The van der Waals surface area contributed by atoms with Crippen molar-refractivity contribution in [2.45, 2.75) is 19.9 Å². The van der Waals surface area contributed by atoms with Gasteiger partial charge in [-0.15, -0.1) is 0 Å². The Kier molecular flexibility index (Phi) is 4.99. The Hall–Kier alpha value is -1.35. The lowest BCUT2D eigenvalue weighted by molar-refractivity contribution is -0.140. The molecule has 88 valence electrons. The normalized spacial score (nSPS) is 10.5. The van der Waals surface area contributed by atoms with Crippen LogP contribution in [0.4, 0.5) is 0 Å². The van der Waals surface area contributed by atoms with Crippen molar-refractivity contribution in [1.82, 2.24) is 4.90 Å². The van der Waals surface area contributed by atoms with Crippen molar-refractivity contribution >= 4 is 5.97 Å². The summed E-state index contributed by atoms with van der Waals surface area (Å²) in [6.45, 7) is 3.66. The first-order valence-corrected chi connectivity index (χ1v) is 5.42. The van der Waals surface area contributed by atoms with Crippen LogP contribution in [-0.2, 0) is 16.1 Å². The van der Waals surface area contributed by atoms with Gasteiger partial charge < -0.3 is 9.64 Å². The van der Waals surface area contributed by atoms with E-state index in [4.69, 9.17) is 0 Å². The van der Waals surface area contributed by atoms with E-state index in [1.165, 1.54) is 18.2 Å². The molecule has 0 N–H and O–H groups in total. The average Bonchev–Trinajstić information content (AvgIpc) is 2.29. The minimum atomic E-state index is -0.157. The topological polar surface area (TPSA) is 29.5 Å². The standard InChI is InChI=1S/C13H19NO2/c1-11-4-6-12(7-5-11)10-14(2)9-8-13(15)16-3/h4-7H,8-10H2,1-3H3. The third-order valence-electron chi connectivity index (χ3n) is 2.50. The maximum atomic E-state index is 11.0. The molecule has 0 aliphatic rings. The van der Waals surface area contributed by atoms with Crippen LogP contribution in [0.5, 0.6) is 0 Å². The van der Waals surface area contributed by atoms with Crippen molar-refractivity contribution in [3.63, 3.8) is 0 Å². The molecule has 0 bridgehead atoms. The molecule has 0 spiro atoms. The summed E-state index contributed by atoms with van der Waals surface area (Å²) >= 11 is 0. The number of aryl methyl sites for hydroxylation is 1. The van der Waals surface area contributed by atoms with Gasteiger partial charge in [0.2, 0.25) is 0 Å². The van der Waals surface area contributed by atoms with Crippen molar-refractivity contribution in [1.29, 1.82) is 0 Å². The average molecular weight is 221 g/mol. The molecule has 0 heterocycles. The van der Waals surface area contributed by atoms with E-state index in [0.29, 0.717) is 6.42 Å². The van der Waals surface area contributed by atoms with Gasteiger partial charge in [-0.1, -0.05) is 29.8 Å². The molecule has 0 aliphatic heterocycles. The lowest BCUT2D eigenvalue weighted by atomic mass is 10.1. The van der Waals surface area contributed by atoms with Gasteiger partial charge in [-0.2, -0.15) is 0 Å². The van der Waals surface area contributed by atoms with Gasteiger partial charge in [-0.25, -0.2) is 0 Å². The molecule has 16 heavy (non-hydrogen) atoms. The van der Waals surface area contributed by atoms with Crippen LogP contribution in [0.2, 0.25) is 0 Å². The van der Waals surface area contributed by atoms with Crippen LogP contribution in [0.15, 0.2) is 24.3 Å². The van der Waals surface area contributed by atoms with E-state index in [-0.39, 0.29) is 5.97 Å². The highest BCUT2D eigenvalue weighted by Crippen LogP contribution is 2.06. The molecule has 1 rings (SSSR count). The molecule has 0 amide bonds. The summed E-state index contributed by atoms with van der Waals surface area (Å²) in [7, 11) is 3.42. The number of ether oxygens (including phenoxy) is 1. The maximum Gasteiger partial charge on any atom is 0.306 e. The zero-order valence-corrected chi connectivity index (χ0v) is 10.2. The Morgan fingerprint density at radius 1 is 1.31 bits per heavy atom. The van der Waals surface area contributed by atoms with E-state index < -0.39 is 0 Å². The Morgan fingerprint density at radius 3 is 2.50 bits per heavy atom. The summed E-state index contributed by atoms with van der Waals surface area (Å²) in [5.41, 5.74) is 2.53. The summed E-state index contributed by atoms with van der Waals surface area (Å²) < 4.78 is 4.60. The van der Waals surface area contributed by atoms with Crippen LogP contribution < -0.4 is 0 Å². The molecular formula is C13H19NO2. The zero-order chi connectivity index (χ0) is 12.0. The fourth-order valence-corrected chi connectivity index (χ4v) is 1.47. The van der Waals surface area contributed by atoms with E-state index in [1.54, 1.807) is 0 Å². The van der Waals surface area contributed by atoms with Gasteiger partial charge in [0.1, 0.15) is 0 Å².